The van der Waals surface area contributed by atoms with Crippen molar-refractivity contribution in [3.63, 3.8) is 0 Å². The minimum Gasteiger partial charge on any atom is -0.378 e. The Morgan fingerprint density at radius 1 is 1.33 bits per heavy atom. The molecule has 4 nitrogen and oxygen atoms in total. The lowest BCUT2D eigenvalue weighted by Crippen LogP contribution is -2.40. The summed E-state index contributed by atoms with van der Waals surface area (Å²) < 4.78 is 5.52. The van der Waals surface area contributed by atoms with Gasteiger partial charge in [-0.15, -0.1) is 0 Å². The number of hydrogen-bond acceptors (Lipinski definition) is 3. The smallest absolute Gasteiger partial charge is 0.222 e. The van der Waals surface area contributed by atoms with Gasteiger partial charge in [0, 0.05) is 32.7 Å². The molecule has 4 heteroatoms. The van der Waals surface area contributed by atoms with E-state index in [-0.39, 0.29) is 5.91 Å². The van der Waals surface area contributed by atoms with Crippen molar-refractivity contribution in [1.29, 1.82) is 0 Å². The van der Waals surface area contributed by atoms with E-state index in [0.717, 1.165) is 38.8 Å². The van der Waals surface area contributed by atoms with E-state index in [1.54, 1.807) is 0 Å². The van der Waals surface area contributed by atoms with E-state index in [2.05, 4.69) is 6.92 Å². The number of rotatable bonds is 9. The van der Waals surface area contributed by atoms with Gasteiger partial charge in [0.25, 0.3) is 0 Å². The van der Waals surface area contributed by atoms with Crippen LogP contribution in [0.15, 0.2) is 0 Å². The SMILES string of the molecule is CCCCN(CCN)C(=O)CC1CC(OCC)C1. The van der Waals surface area contributed by atoms with Crippen LogP contribution < -0.4 is 5.73 Å². The zero-order valence-corrected chi connectivity index (χ0v) is 11.9. The Morgan fingerprint density at radius 3 is 2.61 bits per heavy atom. The van der Waals surface area contributed by atoms with Gasteiger partial charge in [0.15, 0.2) is 0 Å². The van der Waals surface area contributed by atoms with Gasteiger partial charge < -0.3 is 15.4 Å². The van der Waals surface area contributed by atoms with Gasteiger partial charge in [-0.3, -0.25) is 4.79 Å². The maximum absolute atomic E-state index is 12.1. The lowest BCUT2D eigenvalue weighted by Gasteiger charge is -2.35. The summed E-state index contributed by atoms with van der Waals surface area (Å²) in [7, 11) is 0. The van der Waals surface area contributed by atoms with Crippen molar-refractivity contribution in [2.24, 2.45) is 11.7 Å². The molecule has 0 saturated heterocycles. The van der Waals surface area contributed by atoms with E-state index in [1.165, 1.54) is 0 Å². The number of carbonyl (C=O) groups excluding carboxylic acids is 1. The van der Waals surface area contributed by atoms with E-state index in [9.17, 15) is 4.79 Å². The topological polar surface area (TPSA) is 55.6 Å². The number of ether oxygens (including phenoxy) is 1. The Kier molecular flexibility index (Phi) is 7.28. The summed E-state index contributed by atoms with van der Waals surface area (Å²) in [6.07, 6.45) is 5.34. The van der Waals surface area contributed by atoms with Crippen molar-refractivity contribution in [3.8, 4) is 0 Å². The van der Waals surface area contributed by atoms with Crippen molar-refractivity contribution in [1.82, 2.24) is 4.90 Å². The fourth-order valence-corrected chi connectivity index (χ4v) is 2.46. The van der Waals surface area contributed by atoms with Gasteiger partial charge in [-0.1, -0.05) is 13.3 Å². The van der Waals surface area contributed by atoms with Crippen LogP contribution >= 0.6 is 0 Å². The third-order valence-electron chi connectivity index (χ3n) is 3.59. The minimum atomic E-state index is 0.272. The van der Waals surface area contributed by atoms with Crippen molar-refractivity contribution < 1.29 is 9.53 Å². The largest absolute Gasteiger partial charge is 0.378 e. The van der Waals surface area contributed by atoms with Gasteiger partial charge in [-0.25, -0.2) is 0 Å². The average Bonchev–Trinajstić information content (AvgIpc) is 2.31. The first-order valence-corrected chi connectivity index (χ1v) is 7.30. The van der Waals surface area contributed by atoms with Crippen LogP contribution in [-0.2, 0) is 9.53 Å². The number of hydrogen-bond donors (Lipinski definition) is 1. The molecule has 0 radical (unpaired) electrons. The van der Waals surface area contributed by atoms with Crippen molar-refractivity contribution in [3.05, 3.63) is 0 Å². The molecule has 0 spiro atoms. The summed E-state index contributed by atoms with van der Waals surface area (Å²) in [4.78, 5) is 14.1. The molecule has 0 atom stereocenters. The summed E-state index contributed by atoms with van der Waals surface area (Å²) in [5.74, 6) is 0.796. The standard InChI is InChI=1S/C14H28N2O2/c1-3-5-7-16(8-6-15)14(17)11-12-9-13(10-12)18-4-2/h12-13H,3-11,15H2,1-2H3. The zero-order valence-electron chi connectivity index (χ0n) is 11.9. The zero-order chi connectivity index (χ0) is 13.4. The van der Waals surface area contributed by atoms with Gasteiger partial charge in [0.2, 0.25) is 5.91 Å². The molecule has 2 N–H and O–H groups in total. The van der Waals surface area contributed by atoms with Gasteiger partial charge in [-0.05, 0) is 32.1 Å². The van der Waals surface area contributed by atoms with E-state index < -0.39 is 0 Å². The second kappa shape index (κ2) is 8.48. The fourth-order valence-electron chi connectivity index (χ4n) is 2.46. The monoisotopic (exact) mass is 256 g/mol. The molecule has 1 aliphatic carbocycles. The number of amides is 1. The lowest BCUT2D eigenvalue weighted by molar-refractivity contribution is -0.134. The second-order valence-corrected chi connectivity index (χ2v) is 5.14. The molecule has 1 fully saturated rings. The van der Waals surface area contributed by atoms with E-state index in [4.69, 9.17) is 10.5 Å². The molecule has 0 aromatic carbocycles. The van der Waals surface area contributed by atoms with Gasteiger partial charge in [0.1, 0.15) is 0 Å². The van der Waals surface area contributed by atoms with E-state index in [1.807, 2.05) is 11.8 Å². The van der Waals surface area contributed by atoms with Gasteiger partial charge >= 0.3 is 0 Å². The van der Waals surface area contributed by atoms with Crippen molar-refractivity contribution >= 4 is 5.91 Å². The summed E-state index contributed by atoms with van der Waals surface area (Å²) in [6.45, 7) is 7.05. The normalized spacial score (nSPS) is 22.6. The van der Waals surface area contributed by atoms with Crippen LogP contribution in [0.3, 0.4) is 0 Å². The minimum absolute atomic E-state index is 0.272. The summed E-state index contributed by atoms with van der Waals surface area (Å²) in [5.41, 5.74) is 5.56. The molecule has 0 bridgehead atoms. The number of nitrogens with two attached hydrogens (primary N) is 1. The Morgan fingerprint density at radius 2 is 2.06 bits per heavy atom. The molecular weight excluding hydrogens is 228 g/mol. The van der Waals surface area contributed by atoms with Crippen molar-refractivity contribution in [2.45, 2.75) is 52.1 Å². The highest BCUT2D eigenvalue weighted by Crippen LogP contribution is 2.33. The predicted molar refractivity (Wildman–Crippen MR) is 73.3 cm³/mol. The first kappa shape index (κ1) is 15.4. The summed E-state index contributed by atoms with van der Waals surface area (Å²) in [5, 5.41) is 0. The number of nitrogens with zero attached hydrogens (tertiary/aromatic N) is 1. The molecule has 0 heterocycles. The molecule has 1 amide bonds. The van der Waals surface area contributed by atoms with Crippen LogP contribution in [0.2, 0.25) is 0 Å². The average molecular weight is 256 g/mol. The third kappa shape index (κ3) is 4.94. The molecule has 106 valence electrons. The van der Waals surface area contributed by atoms with Crippen LogP contribution in [0.25, 0.3) is 0 Å². The van der Waals surface area contributed by atoms with Crippen LogP contribution in [0.5, 0.6) is 0 Å². The molecule has 1 rings (SSSR count). The Balaban J connectivity index is 2.24. The molecule has 0 aromatic heterocycles. The predicted octanol–water partition coefficient (Wildman–Crippen LogP) is 1.78. The Hall–Kier alpha value is -0.610. The highest BCUT2D eigenvalue weighted by Gasteiger charge is 2.32. The van der Waals surface area contributed by atoms with Crippen LogP contribution in [0.4, 0.5) is 0 Å². The maximum atomic E-state index is 12.1. The third-order valence-corrected chi connectivity index (χ3v) is 3.59. The number of carbonyl (C=O) groups is 1. The molecule has 18 heavy (non-hydrogen) atoms. The maximum Gasteiger partial charge on any atom is 0.222 e. The molecular formula is C14H28N2O2. The highest BCUT2D eigenvalue weighted by atomic mass is 16.5. The lowest BCUT2D eigenvalue weighted by atomic mass is 9.79. The number of unbranched alkanes of at least 4 members (excludes halogenated alkanes) is 1. The van der Waals surface area contributed by atoms with E-state index >= 15 is 0 Å². The van der Waals surface area contributed by atoms with Crippen molar-refractivity contribution in [2.75, 3.05) is 26.2 Å². The first-order chi connectivity index (χ1) is 8.71. The van der Waals surface area contributed by atoms with Gasteiger partial charge in [-0.2, -0.15) is 0 Å². The van der Waals surface area contributed by atoms with Crippen LogP contribution in [-0.4, -0.2) is 43.2 Å². The second-order valence-electron chi connectivity index (χ2n) is 5.14. The van der Waals surface area contributed by atoms with Gasteiger partial charge in [0.05, 0.1) is 6.10 Å². The molecule has 0 unspecified atom stereocenters. The van der Waals surface area contributed by atoms with E-state index in [0.29, 0.717) is 31.5 Å². The fraction of sp³-hybridized carbons (Fsp3) is 0.929. The van der Waals surface area contributed by atoms with Crippen LogP contribution in [0.1, 0.15) is 46.0 Å². The Bertz CT molecular complexity index is 240. The summed E-state index contributed by atoms with van der Waals surface area (Å²) in [6, 6.07) is 0. The molecule has 1 saturated carbocycles. The first-order valence-electron chi connectivity index (χ1n) is 7.30. The Labute approximate surface area is 111 Å². The highest BCUT2D eigenvalue weighted by molar-refractivity contribution is 5.76. The van der Waals surface area contributed by atoms with Crippen LogP contribution in [0, 0.1) is 5.92 Å². The molecule has 0 aromatic rings. The molecule has 0 aliphatic heterocycles. The summed E-state index contributed by atoms with van der Waals surface area (Å²) >= 11 is 0. The quantitative estimate of drug-likeness (QED) is 0.684. The molecule has 1 aliphatic rings.